The molecule has 4 nitrogen and oxygen atoms in total. The zero-order chi connectivity index (χ0) is 13.8. The number of carbonyl (C=O) groups excluding carboxylic acids is 1. The van der Waals surface area contributed by atoms with Crippen LogP contribution in [0.3, 0.4) is 0 Å². The van der Waals surface area contributed by atoms with Crippen molar-refractivity contribution in [1.82, 2.24) is 0 Å². The Labute approximate surface area is 110 Å². The minimum Gasteiger partial charge on any atom is -0.478 e. The fourth-order valence-corrected chi connectivity index (χ4v) is 2.27. The lowest BCUT2D eigenvalue weighted by Crippen LogP contribution is -2.28. The molecule has 1 aromatic carbocycles. The second-order valence-corrected chi connectivity index (χ2v) is 5.54. The van der Waals surface area contributed by atoms with E-state index in [9.17, 15) is 9.59 Å². The van der Waals surface area contributed by atoms with Crippen molar-refractivity contribution in [3.05, 3.63) is 29.8 Å². The van der Waals surface area contributed by atoms with Gasteiger partial charge in [0.2, 0.25) is 0 Å². The van der Waals surface area contributed by atoms with Crippen molar-refractivity contribution in [3.8, 4) is 0 Å². The molecular weight excluding hydrogens is 252 g/mol. The van der Waals surface area contributed by atoms with Crippen LogP contribution in [-0.4, -0.2) is 29.9 Å². The summed E-state index contributed by atoms with van der Waals surface area (Å²) < 4.78 is 4.72. The van der Waals surface area contributed by atoms with E-state index in [4.69, 9.17) is 9.84 Å². The maximum Gasteiger partial charge on any atom is 0.335 e. The molecule has 0 heterocycles. The molecule has 0 spiro atoms. The molecule has 0 unspecified atom stereocenters. The van der Waals surface area contributed by atoms with Gasteiger partial charge in [-0.25, -0.2) is 4.79 Å². The highest BCUT2D eigenvalue weighted by atomic mass is 32.2. The highest BCUT2D eigenvalue weighted by Gasteiger charge is 2.28. The van der Waals surface area contributed by atoms with E-state index >= 15 is 0 Å². The van der Waals surface area contributed by atoms with Crippen molar-refractivity contribution < 1.29 is 19.4 Å². The topological polar surface area (TPSA) is 63.6 Å². The molecule has 0 atom stereocenters. The van der Waals surface area contributed by atoms with E-state index in [-0.39, 0.29) is 11.5 Å². The quantitative estimate of drug-likeness (QED) is 0.657. The Bertz CT molecular complexity index is 437. The summed E-state index contributed by atoms with van der Waals surface area (Å²) >= 11 is 1.50. The van der Waals surface area contributed by atoms with Crippen molar-refractivity contribution >= 4 is 23.7 Å². The van der Waals surface area contributed by atoms with Crippen LogP contribution in [0.1, 0.15) is 24.2 Å². The number of carboxylic acids is 1. The number of thioether (sulfide) groups is 1. The number of hydrogen-bond donors (Lipinski definition) is 1. The number of hydrogen-bond acceptors (Lipinski definition) is 4. The van der Waals surface area contributed by atoms with E-state index in [1.807, 2.05) is 13.8 Å². The first-order valence-electron chi connectivity index (χ1n) is 5.41. The van der Waals surface area contributed by atoms with Crippen molar-refractivity contribution in [2.24, 2.45) is 5.41 Å². The Balaban J connectivity index is 2.64. The smallest absolute Gasteiger partial charge is 0.335 e. The number of ether oxygens (including phenoxy) is 1. The average Bonchev–Trinajstić information content (AvgIpc) is 2.35. The molecule has 0 saturated heterocycles. The standard InChI is InChI=1S/C13H16O4S/c1-13(2,12(16)17-3)8-18-10-6-4-9(5-7-10)11(14)15/h4-7H,8H2,1-3H3,(H,14,15). The van der Waals surface area contributed by atoms with Crippen LogP contribution in [0.15, 0.2) is 29.2 Å². The minimum absolute atomic E-state index is 0.253. The molecule has 1 N–H and O–H groups in total. The van der Waals surface area contributed by atoms with Crippen LogP contribution in [0.2, 0.25) is 0 Å². The lowest BCUT2D eigenvalue weighted by molar-refractivity contribution is -0.149. The molecule has 1 rings (SSSR count). The lowest BCUT2D eigenvalue weighted by Gasteiger charge is -2.20. The van der Waals surface area contributed by atoms with Gasteiger partial charge in [0.15, 0.2) is 0 Å². The van der Waals surface area contributed by atoms with Gasteiger partial charge in [-0.15, -0.1) is 11.8 Å². The number of benzene rings is 1. The van der Waals surface area contributed by atoms with Crippen molar-refractivity contribution in [2.75, 3.05) is 12.9 Å². The van der Waals surface area contributed by atoms with E-state index in [0.717, 1.165) is 4.90 Å². The highest BCUT2D eigenvalue weighted by molar-refractivity contribution is 7.99. The fourth-order valence-electron chi connectivity index (χ4n) is 1.29. The molecule has 0 aromatic heterocycles. The summed E-state index contributed by atoms with van der Waals surface area (Å²) in [5.74, 6) is -0.620. The molecule has 18 heavy (non-hydrogen) atoms. The maximum atomic E-state index is 11.5. The zero-order valence-electron chi connectivity index (χ0n) is 10.6. The first-order chi connectivity index (χ1) is 8.36. The Morgan fingerprint density at radius 2 is 1.83 bits per heavy atom. The van der Waals surface area contributed by atoms with Crippen LogP contribution in [0.25, 0.3) is 0 Å². The predicted molar refractivity (Wildman–Crippen MR) is 69.9 cm³/mol. The Hall–Kier alpha value is -1.49. The van der Waals surface area contributed by atoms with E-state index in [1.54, 1.807) is 24.3 Å². The van der Waals surface area contributed by atoms with Crippen LogP contribution in [-0.2, 0) is 9.53 Å². The number of aromatic carboxylic acids is 1. The molecule has 0 aliphatic rings. The van der Waals surface area contributed by atoms with Gasteiger partial charge in [0.05, 0.1) is 18.1 Å². The molecule has 0 fully saturated rings. The summed E-state index contributed by atoms with van der Waals surface area (Å²) in [5, 5.41) is 8.77. The van der Waals surface area contributed by atoms with Crippen molar-refractivity contribution in [3.63, 3.8) is 0 Å². The van der Waals surface area contributed by atoms with Crippen molar-refractivity contribution in [1.29, 1.82) is 0 Å². The van der Waals surface area contributed by atoms with Crippen LogP contribution in [0, 0.1) is 5.41 Å². The molecule has 0 saturated carbocycles. The average molecular weight is 268 g/mol. The van der Waals surface area contributed by atoms with Crippen LogP contribution in [0.4, 0.5) is 0 Å². The van der Waals surface area contributed by atoms with E-state index in [2.05, 4.69) is 0 Å². The Kier molecular flexibility index (Phi) is 4.78. The van der Waals surface area contributed by atoms with Gasteiger partial charge in [0.1, 0.15) is 0 Å². The van der Waals surface area contributed by atoms with Crippen LogP contribution in [0.5, 0.6) is 0 Å². The van der Waals surface area contributed by atoms with Gasteiger partial charge < -0.3 is 9.84 Å². The molecular formula is C13H16O4S. The van der Waals surface area contributed by atoms with Gasteiger partial charge in [-0.2, -0.15) is 0 Å². The van der Waals surface area contributed by atoms with E-state index in [1.165, 1.54) is 18.9 Å². The van der Waals surface area contributed by atoms with Crippen LogP contribution < -0.4 is 0 Å². The zero-order valence-corrected chi connectivity index (χ0v) is 11.4. The fraction of sp³-hybridized carbons (Fsp3) is 0.385. The second kappa shape index (κ2) is 5.91. The molecule has 0 radical (unpaired) electrons. The van der Waals surface area contributed by atoms with E-state index in [0.29, 0.717) is 5.75 Å². The molecule has 0 amide bonds. The minimum atomic E-state index is -0.943. The third-order valence-electron chi connectivity index (χ3n) is 2.44. The van der Waals surface area contributed by atoms with Crippen molar-refractivity contribution in [2.45, 2.75) is 18.7 Å². The van der Waals surface area contributed by atoms with Gasteiger partial charge in [-0.05, 0) is 38.1 Å². The molecule has 0 aliphatic heterocycles. The third-order valence-corrected chi connectivity index (χ3v) is 3.91. The Morgan fingerprint density at radius 3 is 2.28 bits per heavy atom. The molecule has 1 aromatic rings. The third kappa shape index (κ3) is 3.77. The SMILES string of the molecule is COC(=O)C(C)(C)CSc1ccc(C(=O)O)cc1. The van der Waals surface area contributed by atoms with Gasteiger partial charge in [0.25, 0.3) is 0 Å². The second-order valence-electron chi connectivity index (χ2n) is 4.49. The van der Waals surface area contributed by atoms with Crippen LogP contribution >= 0.6 is 11.8 Å². The summed E-state index contributed by atoms with van der Waals surface area (Å²) in [7, 11) is 1.37. The lowest BCUT2D eigenvalue weighted by atomic mass is 9.97. The number of esters is 1. The first-order valence-corrected chi connectivity index (χ1v) is 6.40. The van der Waals surface area contributed by atoms with Gasteiger partial charge >= 0.3 is 11.9 Å². The molecule has 98 valence electrons. The first kappa shape index (κ1) is 14.6. The summed E-state index contributed by atoms with van der Waals surface area (Å²) in [6.07, 6.45) is 0. The number of carboxylic acid groups (broad SMARTS) is 1. The summed E-state index contributed by atoms with van der Waals surface area (Å²) in [6, 6.07) is 6.58. The number of carbonyl (C=O) groups is 2. The highest BCUT2D eigenvalue weighted by Crippen LogP contribution is 2.28. The summed E-state index contributed by atoms with van der Waals surface area (Å²) in [6.45, 7) is 3.63. The number of rotatable bonds is 5. The summed E-state index contributed by atoms with van der Waals surface area (Å²) in [4.78, 5) is 23.1. The Morgan fingerprint density at radius 1 is 1.28 bits per heavy atom. The van der Waals surface area contributed by atoms with Gasteiger partial charge in [0, 0.05) is 10.6 Å². The normalized spacial score (nSPS) is 11.1. The monoisotopic (exact) mass is 268 g/mol. The molecule has 0 aliphatic carbocycles. The molecule has 5 heteroatoms. The van der Waals surface area contributed by atoms with Gasteiger partial charge in [-0.3, -0.25) is 4.79 Å². The largest absolute Gasteiger partial charge is 0.478 e. The summed E-state index contributed by atoms with van der Waals surface area (Å²) in [5.41, 5.74) is -0.309. The number of methoxy groups -OCH3 is 1. The predicted octanol–water partition coefficient (Wildman–Crippen LogP) is 2.68. The van der Waals surface area contributed by atoms with E-state index < -0.39 is 11.4 Å². The maximum absolute atomic E-state index is 11.5. The molecule has 0 bridgehead atoms. The van der Waals surface area contributed by atoms with Gasteiger partial charge in [-0.1, -0.05) is 0 Å².